The van der Waals surface area contributed by atoms with E-state index in [9.17, 15) is 0 Å². The second-order valence-electron chi connectivity index (χ2n) is 5.43. The van der Waals surface area contributed by atoms with Crippen LogP contribution in [0.1, 0.15) is 5.69 Å². The van der Waals surface area contributed by atoms with E-state index >= 15 is 0 Å². The molecule has 0 N–H and O–H groups in total. The van der Waals surface area contributed by atoms with Gasteiger partial charge in [0.05, 0.1) is 0 Å². The van der Waals surface area contributed by atoms with Crippen molar-refractivity contribution in [2.75, 3.05) is 0 Å². The summed E-state index contributed by atoms with van der Waals surface area (Å²) in [4.78, 5) is 8.63. The number of hydrogen-bond acceptors (Lipinski definition) is 2. The van der Waals surface area contributed by atoms with Gasteiger partial charge in [-0.15, -0.1) is 71.8 Å². The summed E-state index contributed by atoms with van der Waals surface area (Å²) < 4.78 is 0. The molecule has 0 aliphatic rings. The third-order valence-corrected chi connectivity index (χ3v) is 3.52. The molecule has 2 aromatic carbocycles. The monoisotopic (exact) mass is 515 g/mol. The predicted octanol–water partition coefficient (Wildman–Crippen LogP) is 5.40. The number of hydrogen-bond donors (Lipinski definition) is 0. The van der Waals surface area contributed by atoms with E-state index in [4.69, 9.17) is 0 Å². The van der Waals surface area contributed by atoms with Crippen LogP contribution in [0.15, 0.2) is 91.1 Å². The smallest absolute Gasteiger partial charge is 0.0266 e. The van der Waals surface area contributed by atoms with E-state index < -0.39 is 0 Å². The van der Waals surface area contributed by atoms with E-state index in [2.05, 4.69) is 22.1 Å². The van der Waals surface area contributed by atoms with E-state index in [0.717, 1.165) is 28.2 Å². The Labute approximate surface area is 168 Å². The number of nitrogens with zero attached hydrogens (tertiary/aromatic N) is 2. The van der Waals surface area contributed by atoms with Crippen molar-refractivity contribution in [2.45, 2.75) is 6.92 Å². The van der Waals surface area contributed by atoms with Crippen molar-refractivity contribution in [1.29, 1.82) is 0 Å². The Morgan fingerprint density at radius 2 is 1.27 bits per heavy atom. The molecule has 3 heteroatoms. The molecule has 2 nitrogen and oxygen atoms in total. The average Bonchev–Trinajstić information content (AvgIpc) is 2.71. The van der Waals surface area contributed by atoms with Gasteiger partial charge >= 0.3 is 0 Å². The molecule has 0 aliphatic carbocycles. The van der Waals surface area contributed by atoms with Crippen LogP contribution in [0.3, 0.4) is 0 Å². The average molecular weight is 515 g/mol. The molecule has 0 fully saturated rings. The summed E-state index contributed by atoms with van der Waals surface area (Å²) >= 11 is 0. The third-order valence-electron chi connectivity index (χ3n) is 3.52. The first-order valence-electron chi connectivity index (χ1n) is 8.12. The van der Waals surface area contributed by atoms with E-state index in [1.807, 2.05) is 91.9 Å². The van der Waals surface area contributed by atoms with Gasteiger partial charge in [0, 0.05) is 32.0 Å². The molecule has 0 aliphatic heterocycles. The minimum atomic E-state index is 0. The first kappa shape index (κ1) is 19.7. The van der Waals surface area contributed by atoms with Crippen molar-refractivity contribution in [1.82, 2.24) is 9.97 Å². The zero-order valence-corrected chi connectivity index (χ0v) is 16.8. The summed E-state index contributed by atoms with van der Waals surface area (Å²) in [5.74, 6) is 0. The molecule has 26 heavy (non-hydrogen) atoms. The molecule has 0 saturated carbocycles. The third kappa shape index (κ3) is 5.73. The van der Waals surface area contributed by atoms with Crippen molar-refractivity contribution < 1.29 is 20.1 Å². The maximum Gasteiger partial charge on any atom is 0.0266 e. The minimum Gasteiger partial charge on any atom is -0.305 e. The molecule has 131 valence electrons. The van der Waals surface area contributed by atoms with Crippen LogP contribution < -0.4 is 0 Å². The number of rotatable bonds is 2. The van der Waals surface area contributed by atoms with Gasteiger partial charge in [-0.05, 0) is 30.4 Å². The Morgan fingerprint density at radius 3 is 1.81 bits per heavy atom. The van der Waals surface area contributed by atoms with Gasteiger partial charge in [0.1, 0.15) is 0 Å². The SMILES string of the molecule is Cc1cccc(-c2[c-]cccc2)n1.[Ir].[c-]1ccccc1-c1ccccn1. The van der Waals surface area contributed by atoms with Gasteiger partial charge in [-0.2, -0.15) is 0 Å². The van der Waals surface area contributed by atoms with Gasteiger partial charge in [-0.25, -0.2) is 0 Å². The largest absolute Gasteiger partial charge is 0.305 e. The van der Waals surface area contributed by atoms with E-state index in [-0.39, 0.29) is 20.1 Å². The molecule has 0 bridgehead atoms. The molecule has 1 radical (unpaired) electrons. The number of aryl methyl sites for hydroxylation is 1. The Morgan fingerprint density at radius 1 is 0.654 bits per heavy atom. The standard InChI is InChI=1S/C12H10N.C11H8N.Ir/c1-10-6-5-9-12(13-10)11-7-3-2-4-8-11;1-2-6-10(7-3-1)11-8-4-5-9-12-11;/h2-7,9H,1H3;1-6,8-9H;/q2*-1;. The van der Waals surface area contributed by atoms with Crippen LogP contribution in [-0.2, 0) is 20.1 Å². The molecule has 0 atom stereocenters. The maximum atomic E-state index is 4.41. The zero-order chi connectivity index (χ0) is 17.3. The first-order chi connectivity index (χ1) is 12.3. The van der Waals surface area contributed by atoms with Gasteiger partial charge in [0.15, 0.2) is 0 Å². The van der Waals surface area contributed by atoms with Gasteiger partial charge < -0.3 is 9.97 Å². The van der Waals surface area contributed by atoms with Crippen LogP contribution in [0.5, 0.6) is 0 Å². The van der Waals surface area contributed by atoms with Crippen molar-refractivity contribution in [3.63, 3.8) is 0 Å². The van der Waals surface area contributed by atoms with Crippen LogP contribution in [0.25, 0.3) is 22.5 Å². The summed E-state index contributed by atoms with van der Waals surface area (Å²) in [6, 6.07) is 33.8. The molecule has 2 heterocycles. The fourth-order valence-corrected chi connectivity index (χ4v) is 2.32. The van der Waals surface area contributed by atoms with Gasteiger partial charge in [-0.3, -0.25) is 0 Å². The summed E-state index contributed by atoms with van der Waals surface area (Å²) in [6.45, 7) is 1.99. The number of benzene rings is 2. The van der Waals surface area contributed by atoms with Gasteiger partial charge in [0.2, 0.25) is 0 Å². The van der Waals surface area contributed by atoms with Crippen LogP contribution in [0.2, 0.25) is 0 Å². The van der Waals surface area contributed by atoms with Crippen LogP contribution in [0.4, 0.5) is 0 Å². The molecule has 4 aromatic rings. The minimum absolute atomic E-state index is 0. The fourth-order valence-electron chi connectivity index (χ4n) is 2.32. The second kappa shape index (κ2) is 10.4. The maximum absolute atomic E-state index is 4.41. The van der Waals surface area contributed by atoms with Crippen LogP contribution in [-0.4, -0.2) is 9.97 Å². The van der Waals surface area contributed by atoms with Crippen molar-refractivity contribution in [3.8, 4) is 22.5 Å². The molecule has 4 rings (SSSR count). The Balaban J connectivity index is 0.000000180. The molecule has 0 spiro atoms. The molecule has 0 amide bonds. The van der Waals surface area contributed by atoms with Crippen molar-refractivity contribution in [3.05, 3.63) is 109 Å². The molecule has 0 saturated heterocycles. The summed E-state index contributed by atoms with van der Waals surface area (Å²) in [7, 11) is 0. The molecule has 2 aromatic heterocycles. The Hall–Kier alpha value is -2.61. The number of pyridine rings is 2. The first-order valence-corrected chi connectivity index (χ1v) is 8.12. The normalized spacial score (nSPS) is 9.42. The van der Waals surface area contributed by atoms with Gasteiger partial charge in [0.25, 0.3) is 0 Å². The fraction of sp³-hybridized carbons (Fsp3) is 0.0435. The van der Waals surface area contributed by atoms with Crippen molar-refractivity contribution in [2.24, 2.45) is 0 Å². The molecular formula is C23H18IrN2-2. The van der Waals surface area contributed by atoms with Gasteiger partial charge in [-0.1, -0.05) is 24.3 Å². The predicted molar refractivity (Wildman–Crippen MR) is 102 cm³/mol. The summed E-state index contributed by atoms with van der Waals surface area (Å²) in [5.41, 5.74) is 5.08. The van der Waals surface area contributed by atoms with Crippen LogP contribution in [0, 0.1) is 19.1 Å². The molecule has 0 unspecified atom stereocenters. The van der Waals surface area contributed by atoms with E-state index in [1.165, 1.54) is 0 Å². The summed E-state index contributed by atoms with van der Waals surface area (Å²) in [5, 5.41) is 0. The summed E-state index contributed by atoms with van der Waals surface area (Å²) in [6.07, 6.45) is 1.79. The second-order valence-corrected chi connectivity index (χ2v) is 5.43. The quantitative estimate of drug-likeness (QED) is 0.335. The topological polar surface area (TPSA) is 25.8 Å². The van der Waals surface area contributed by atoms with E-state index in [1.54, 1.807) is 6.20 Å². The zero-order valence-electron chi connectivity index (χ0n) is 14.4. The Kier molecular flexibility index (Phi) is 7.88. The van der Waals surface area contributed by atoms with E-state index in [0.29, 0.717) is 0 Å². The molecular weight excluding hydrogens is 496 g/mol. The number of aromatic nitrogens is 2. The van der Waals surface area contributed by atoms with Crippen molar-refractivity contribution >= 4 is 0 Å². The van der Waals surface area contributed by atoms with Crippen LogP contribution >= 0.6 is 0 Å². The Bertz CT molecular complexity index is 857.